The van der Waals surface area contributed by atoms with Gasteiger partial charge in [0.05, 0.1) is 17.7 Å². The monoisotopic (exact) mass is 503 g/mol. The predicted octanol–water partition coefficient (Wildman–Crippen LogP) is 5.38. The summed E-state index contributed by atoms with van der Waals surface area (Å²) >= 11 is 0. The molecule has 0 unspecified atom stereocenters. The first-order valence-electron chi connectivity index (χ1n) is 11.7. The largest absolute Gasteiger partial charge is 0.464 e. The summed E-state index contributed by atoms with van der Waals surface area (Å²) in [5.74, 6) is -2.58. The third-order valence-electron chi connectivity index (χ3n) is 6.08. The second-order valence-corrected chi connectivity index (χ2v) is 8.38. The zero-order valence-corrected chi connectivity index (χ0v) is 20.3. The number of nitrogens with zero attached hydrogens (tertiary/aromatic N) is 1. The maximum atomic E-state index is 13.3. The van der Waals surface area contributed by atoms with Crippen molar-refractivity contribution in [3.8, 4) is 0 Å². The Morgan fingerprint density at radius 1 is 1.03 bits per heavy atom. The van der Waals surface area contributed by atoms with Crippen molar-refractivity contribution < 1.29 is 37.0 Å². The van der Waals surface area contributed by atoms with E-state index >= 15 is 0 Å². The Bertz CT molecular complexity index is 1130. The summed E-state index contributed by atoms with van der Waals surface area (Å²) < 4.78 is 49.9. The number of hydrogen-bond donors (Lipinski definition) is 0. The van der Waals surface area contributed by atoms with E-state index in [0.29, 0.717) is 5.56 Å². The zero-order chi connectivity index (χ0) is 26.5. The molecule has 0 aliphatic carbocycles. The van der Waals surface area contributed by atoms with E-state index in [-0.39, 0.29) is 37.3 Å². The van der Waals surface area contributed by atoms with Crippen LogP contribution in [-0.4, -0.2) is 35.4 Å². The van der Waals surface area contributed by atoms with Gasteiger partial charge in [-0.05, 0) is 43.5 Å². The van der Waals surface area contributed by atoms with Gasteiger partial charge in [-0.3, -0.25) is 4.79 Å². The molecule has 2 atom stereocenters. The van der Waals surface area contributed by atoms with Crippen LogP contribution in [0.25, 0.3) is 0 Å². The summed E-state index contributed by atoms with van der Waals surface area (Å²) in [6.45, 7) is 5.00. The molecule has 1 aliphatic rings. The van der Waals surface area contributed by atoms with E-state index in [2.05, 4.69) is 0 Å². The summed E-state index contributed by atoms with van der Waals surface area (Å²) in [5.41, 5.74) is 0.613. The highest BCUT2D eigenvalue weighted by Gasteiger charge is 2.42. The van der Waals surface area contributed by atoms with Gasteiger partial charge in [-0.2, -0.15) is 13.2 Å². The molecule has 0 radical (unpaired) electrons. The van der Waals surface area contributed by atoms with E-state index < -0.39 is 41.5 Å². The van der Waals surface area contributed by atoms with Gasteiger partial charge in [0.2, 0.25) is 5.91 Å². The second-order valence-electron chi connectivity index (χ2n) is 8.38. The third kappa shape index (κ3) is 5.95. The number of amides is 1. The van der Waals surface area contributed by atoms with E-state index in [1.807, 2.05) is 6.07 Å². The van der Waals surface area contributed by atoms with Crippen molar-refractivity contribution in [2.45, 2.75) is 58.4 Å². The Hall–Kier alpha value is -3.62. The van der Waals surface area contributed by atoms with Gasteiger partial charge in [0, 0.05) is 18.0 Å². The van der Waals surface area contributed by atoms with Crippen LogP contribution in [0.4, 0.5) is 13.2 Å². The zero-order valence-electron chi connectivity index (χ0n) is 20.3. The molecule has 1 amide bonds. The lowest BCUT2D eigenvalue weighted by atomic mass is 9.82. The number of hydrogen-bond acceptors (Lipinski definition) is 5. The van der Waals surface area contributed by atoms with Crippen molar-refractivity contribution in [3.63, 3.8) is 0 Å². The first-order chi connectivity index (χ1) is 17.1. The van der Waals surface area contributed by atoms with Gasteiger partial charge in [0.15, 0.2) is 0 Å². The highest BCUT2D eigenvalue weighted by Crippen LogP contribution is 2.39. The quantitative estimate of drug-likeness (QED) is 0.453. The molecule has 2 aromatic rings. The van der Waals surface area contributed by atoms with Gasteiger partial charge in [-0.15, -0.1) is 0 Å². The number of benzene rings is 2. The number of halogens is 3. The topological polar surface area (TPSA) is 72.9 Å². The van der Waals surface area contributed by atoms with Crippen molar-refractivity contribution in [2.24, 2.45) is 0 Å². The Balaban J connectivity index is 2.03. The molecular formula is C27H28F3NO5. The minimum atomic E-state index is -4.52. The molecule has 192 valence electrons. The first kappa shape index (κ1) is 27.0. The molecule has 0 aromatic heterocycles. The highest BCUT2D eigenvalue weighted by atomic mass is 19.4. The van der Waals surface area contributed by atoms with E-state index in [1.54, 1.807) is 38.1 Å². The van der Waals surface area contributed by atoms with Gasteiger partial charge in [0.1, 0.15) is 12.6 Å². The average molecular weight is 504 g/mol. The molecule has 0 spiro atoms. The molecule has 0 N–H and O–H groups in total. The summed E-state index contributed by atoms with van der Waals surface area (Å²) in [7, 11) is 0. The summed E-state index contributed by atoms with van der Waals surface area (Å²) in [4.78, 5) is 40.4. The molecule has 0 saturated heterocycles. The maximum absolute atomic E-state index is 13.3. The number of alkyl halides is 3. The number of esters is 2. The van der Waals surface area contributed by atoms with E-state index in [9.17, 15) is 27.6 Å². The Kier molecular flexibility index (Phi) is 8.55. The number of carbonyl (C=O) groups excluding carboxylic acids is 3. The molecule has 9 heteroatoms. The third-order valence-corrected chi connectivity index (χ3v) is 6.08. The molecule has 2 aromatic carbocycles. The second kappa shape index (κ2) is 11.4. The van der Waals surface area contributed by atoms with Gasteiger partial charge in [-0.25, -0.2) is 9.59 Å². The van der Waals surface area contributed by atoms with Crippen LogP contribution in [0.15, 0.2) is 65.9 Å². The predicted molar refractivity (Wildman–Crippen MR) is 125 cm³/mol. The fourth-order valence-electron chi connectivity index (χ4n) is 4.32. The average Bonchev–Trinajstić information content (AvgIpc) is 2.85. The number of ether oxygens (including phenoxy) is 2. The minimum absolute atomic E-state index is 0.0286. The molecular weight excluding hydrogens is 475 g/mol. The molecule has 0 bridgehead atoms. The maximum Gasteiger partial charge on any atom is 0.416 e. The van der Waals surface area contributed by atoms with Gasteiger partial charge in [-0.1, -0.05) is 49.4 Å². The van der Waals surface area contributed by atoms with Crippen molar-refractivity contribution in [1.29, 1.82) is 0 Å². The fraction of sp³-hybridized carbons (Fsp3) is 0.370. The molecule has 1 aliphatic heterocycles. The van der Waals surface area contributed by atoms with Crippen LogP contribution in [0.2, 0.25) is 0 Å². The summed E-state index contributed by atoms with van der Waals surface area (Å²) in [6, 6.07) is 12.4. The molecule has 36 heavy (non-hydrogen) atoms. The van der Waals surface area contributed by atoms with Crippen LogP contribution in [-0.2, 0) is 36.6 Å². The standard InChI is InChI=1S/C27H28F3NO5/c1-4-22(25(33)35-5-2)31-17(3)24(26(34)36-16-18-9-7-6-8-10-18)21(15-23(31)32)19-11-13-20(14-12-19)27(28,29)30/h6-14,21-22H,4-5,15-16H2,1-3H3/t21-,22+/m1/s1. The van der Waals surface area contributed by atoms with Crippen LogP contribution in [0.3, 0.4) is 0 Å². The Morgan fingerprint density at radius 2 is 1.67 bits per heavy atom. The van der Waals surface area contributed by atoms with E-state index in [4.69, 9.17) is 9.47 Å². The van der Waals surface area contributed by atoms with Gasteiger partial charge in [0.25, 0.3) is 0 Å². The first-order valence-corrected chi connectivity index (χ1v) is 11.7. The van der Waals surface area contributed by atoms with Crippen LogP contribution >= 0.6 is 0 Å². The Labute approximate surface area is 207 Å². The number of rotatable bonds is 8. The number of carbonyl (C=O) groups is 3. The lowest BCUT2D eigenvalue weighted by Crippen LogP contribution is -2.48. The van der Waals surface area contributed by atoms with Crippen molar-refractivity contribution in [2.75, 3.05) is 6.61 Å². The SMILES string of the molecule is CCOC(=O)[C@H](CC)N1C(=O)C[C@H](c2ccc(C(F)(F)F)cc2)C(C(=O)OCc2ccccc2)=C1C. The van der Waals surface area contributed by atoms with Crippen LogP contribution in [0, 0.1) is 0 Å². The minimum Gasteiger partial charge on any atom is -0.464 e. The molecule has 3 rings (SSSR count). The summed E-state index contributed by atoms with van der Waals surface area (Å²) in [5, 5.41) is 0. The lowest BCUT2D eigenvalue weighted by molar-refractivity contribution is -0.154. The van der Waals surface area contributed by atoms with Crippen LogP contribution in [0.1, 0.15) is 56.2 Å². The normalized spacial score (nSPS) is 17.1. The van der Waals surface area contributed by atoms with E-state index in [0.717, 1.165) is 17.7 Å². The Morgan fingerprint density at radius 3 is 2.22 bits per heavy atom. The van der Waals surface area contributed by atoms with Crippen molar-refractivity contribution >= 4 is 17.8 Å². The van der Waals surface area contributed by atoms with Crippen molar-refractivity contribution in [3.05, 3.63) is 82.6 Å². The number of allylic oxidation sites excluding steroid dienone is 1. The highest BCUT2D eigenvalue weighted by molar-refractivity contribution is 5.97. The molecule has 0 saturated carbocycles. The van der Waals surface area contributed by atoms with Gasteiger partial charge >= 0.3 is 18.1 Å². The molecule has 6 nitrogen and oxygen atoms in total. The van der Waals surface area contributed by atoms with Gasteiger partial charge < -0.3 is 14.4 Å². The van der Waals surface area contributed by atoms with Crippen LogP contribution < -0.4 is 0 Å². The molecule has 1 heterocycles. The smallest absolute Gasteiger partial charge is 0.416 e. The summed E-state index contributed by atoms with van der Waals surface area (Å²) in [6.07, 6.45) is -4.48. The lowest BCUT2D eigenvalue weighted by Gasteiger charge is -2.38. The molecule has 0 fully saturated rings. The fourth-order valence-corrected chi connectivity index (χ4v) is 4.32. The van der Waals surface area contributed by atoms with Crippen LogP contribution in [0.5, 0.6) is 0 Å². The van der Waals surface area contributed by atoms with Crippen molar-refractivity contribution in [1.82, 2.24) is 4.90 Å². The van der Waals surface area contributed by atoms with E-state index in [1.165, 1.54) is 24.0 Å².